The highest BCUT2D eigenvalue weighted by Crippen LogP contribution is 2.31. The number of alkyl halides is 2. The average molecular weight is 390 g/mol. The van der Waals surface area contributed by atoms with Gasteiger partial charge in [-0.25, -0.2) is 0 Å². The molecular weight excluding hydrogens is 376 g/mol. The van der Waals surface area contributed by atoms with Crippen LogP contribution in [0, 0.1) is 6.92 Å². The Labute approximate surface area is 139 Å². The first-order valence-corrected chi connectivity index (χ1v) is 7.30. The smallest absolute Gasteiger partial charge is 0.387 e. The number of aryl methyl sites for hydroxylation is 1. The number of benzene rings is 1. The average Bonchev–Trinajstić information content (AvgIpc) is 2.78. The van der Waals surface area contributed by atoms with Crippen LogP contribution in [0.4, 0.5) is 14.5 Å². The molecule has 0 fully saturated rings. The maximum absolute atomic E-state index is 12.3. The predicted molar refractivity (Wildman–Crippen MR) is 82.9 cm³/mol. The molecule has 0 atom stereocenters. The van der Waals surface area contributed by atoms with Crippen molar-refractivity contribution in [2.45, 2.75) is 20.1 Å². The summed E-state index contributed by atoms with van der Waals surface area (Å²) in [4.78, 5) is 12.0. The summed E-state index contributed by atoms with van der Waals surface area (Å²) >= 11 is 3.31. The van der Waals surface area contributed by atoms with E-state index in [-0.39, 0.29) is 24.0 Å². The van der Waals surface area contributed by atoms with E-state index >= 15 is 0 Å². The number of ether oxygens (including phenoxy) is 2. The molecular formula is C14H14BrF2N3O3. The molecule has 1 heterocycles. The summed E-state index contributed by atoms with van der Waals surface area (Å²) in [5.41, 5.74) is 1.17. The number of hydrogen-bond acceptors (Lipinski definition) is 4. The summed E-state index contributed by atoms with van der Waals surface area (Å²) in [5.74, 6) is -0.322. The summed E-state index contributed by atoms with van der Waals surface area (Å²) in [6, 6.07) is 4.15. The van der Waals surface area contributed by atoms with E-state index in [1.807, 2.05) is 6.92 Å². The number of hydrogen-bond donors (Lipinski definition) is 1. The number of nitrogens with zero attached hydrogens (tertiary/aromatic N) is 2. The third-order valence-electron chi connectivity index (χ3n) is 2.86. The third-order valence-corrected chi connectivity index (χ3v) is 3.63. The van der Waals surface area contributed by atoms with Crippen LogP contribution in [-0.2, 0) is 11.3 Å². The van der Waals surface area contributed by atoms with Crippen LogP contribution in [0.25, 0.3) is 0 Å². The fourth-order valence-electron chi connectivity index (χ4n) is 1.86. The highest BCUT2D eigenvalue weighted by Gasteiger charge is 2.13. The van der Waals surface area contributed by atoms with E-state index in [0.717, 1.165) is 10.2 Å². The number of amides is 1. The van der Waals surface area contributed by atoms with Crippen molar-refractivity contribution < 1.29 is 23.0 Å². The molecule has 1 amide bonds. The molecule has 2 aromatic rings. The topological polar surface area (TPSA) is 65.4 Å². The Bertz CT molecular complexity index is 687. The Morgan fingerprint density at radius 1 is 1.43 bits per heavy atom. The Hall–Kier alpha value is -2.16. The molecule has 0 unspecified atom stereocenters. The zero-order chi connectivity index (χ0) is 17.0. The summed E-state index contributed by atoms with van der Waals surface area (Å²) < 4.78 is 36.1. The van der Waals surface area contributed by atoms with Crippen molar-refractivity contribution in [3.63, 3.8) is 0 Å². The summed E-state index contributed by atoms with van der Waals surface area (Å²) in [6.07, 6.45) is 1.69. The van der Waals surface area contributed by atoms with Gasteiger partial charge in [0.25, 0.3) is 0 Å². The van der Waals surface area contributed by atoms with Gasteiger partial charge in [0.1, 0.15) is 6.54 Å². The molecule has 0 saturated heterocycles. The number of aromatic nitrogens is 2. The van der Waals surface area contributed by atoms with Crippen LogP contribution in [0.5, 0.6) is 11.5 Å². The second-order valence-electron chi connectivity index (χ2n) is 4.55. The van der Waals surface area contributed by atoms with Gasteiger partial charge in [-0.2, -0.15) is 13.9 Å². The van der Waals surface area contributed by atoms with Crippen LogP contribution < -0.4 is 14.8 Å². The summed E-state index contributed by atoms with van der Waals surface area (Å²) in [6.45, 7) is -1.12. The first-order chi connectivity index (χ1) is 10.9. The van der Waals surface area contributed by atoms with E-state index in [4.69, 9.17) is 4.74 Å². The molecule has 0 aliphatic heterocycles. The number of halogens is 3. The van der Waals surface area contributed by atoms with Gasteiger partial charge in [0, 0.05) is 18.0 Å². The molecule has 124 valence electrons. The number of carbonyl (C=O) groups is 1. The zero-order valence-electron chi connectivity index (χ0n) is 12.3. The quantitative estimate of drug-likeness (QED) is 0.823. The zero-order valence-corrected chi connectivity index (χ0v) is 13.9. The normalized spacial score (nSPS) is 10.7. The standard InChI is InChI=1S/C14H14BrF2N3O3/c1-8-10(15)6-20(19-8)7-13(21)18-9-3-4-11(23-14(16)17)12(5-9)22-2/h3-6,14H,7H2,1-2H3,(H,18,21). The Morgan fingerprint density at radius 3 is 2.74 bits per heavy atom. The molecule has 1 N–H and O–H groups in total. The van der Waals surface area contributed by atoms with Crippen molar-refractivity contribution in [2.75, 3.05) is 12.4 Å². The SMILES string of the molecule is COc1cc(NC(=O)Cn2cc(Br)c(C)n2)ccc1OC(F)F. The largest absolute Gasteiger partial charge is 0.493 e. The van der Waals surface area contributed by atoms with Crippen LogP contribution in [0.2, 0.25) is 0 Å². The molecule has 0 spiro atoms. The summed E-state index contributed by atoms with van der Waals surface area (Å²) in [5, 5.41) is 6.79. The molecule has 2 rings (SSSR count). The Kier molecular flexibility index (Phi) is 5.54. The lowest BCUT2D eigenvalue weighted by molar-refractivity contribution is -0.116. The predicted octanol–water partition coefficient (Wildman–Crippen LogP) is 3.20. The number of anilines is 1. The van der Waals surface area contributed by atoms with Crippen LogP contribution in [0.1, 0.15) is 5.69 Å². The van der Waals surface area contributed by atoms with Crippen LogP contribution in [0.3, 0.4) is 0 Å². The van der Waals surface area contributed by atoms with E-state index in [0.29, 0.717) is 5.69 Å². The van der Waals surface area contributed by atoms with Gasteiger partial charge >= 0.3 is 6.61 Å². The van der Waals surface area contributed by atoms with Crippen LogP contribution >= 0.6 is 15.9 Å². The highest BCUT2D eigenvalue weighted by atomic mass is 79.9. The maximum atomic E-state index is 12.3. The minimum Gasteiger partial charge on any atom is -0.493 e. The van der Waals surface area contributed by atoms with Gasteiger partial charge in [-0.3, -0.25) is 9.48 Å². The highest BCUT2D eigenvalue weighted by molar-refractivity contribution is 9.10. The Morgan fingerprint density at radius 2 is 2.17 bits per heavy atom. The molecule has 1 aromatic heterocycles. The molecule has 0 aliphatic rings. The monoisotopic (exact) mass is 389 g/mol. The van der Waals surface area contributed by atoms with Gasteiger partial charge in [-0.05, 0) is 35.0 Å². The third kappa shape index (κ3) is 4.65. The molecule has 0 aliphatic carbocycles. The number of methoxy groups -OCH3 is 1. The second kappa shape index (κ2) is 7.40. The lowest BCUT2D eigenvalue weighted by atomic mass is 10.2. The van der Waals surface area contributed by atoms with Gasteiger partial charge in [-0.1, -0.05) is 0 Å². The van der Waals surface area contributed by atoms with Gasteiger partial charge in [-0.15, -0.1) is 0 Å². The van der Waals surface area contributed by atoms with E-state index in [1.165, 1.54) is 30.0 Å². The van der Waals surface area contributed by atoms with Gasteiger partial charge in [0.15, 0.2) is 11.5 Å². The van der Waals surface area contributed by atoms with Crippen molar-refractivity contribution in [3.8, 4) is 11.5 Å². The van der Waals surface area contributed by atoms with Gasteiger partial charge in [0.2, 0.25) is 5.91 Å². The van der Waals surface area contributed by atoms with Crippen LogP contribution in [0.15, 0.2) is 28.9 Å². The van der Waals surface area contributed by atoms with E-state index in [1.54, 1.807) is 6.20 Å². The molecule has 9 heteroatoms. The molecule has 0 saturated carbocycles. The van der Waals surface area contributed by atoms with Crippen molar-refractivity contribution in [3.05, 3.63) is 34.6 Å². The lowest BCUT2D eigenvalue weighted by Gasteiger charge is -2.12. The molecule has 23 heavy (non-hydrogen) atoms. The number of nitrogens with one attached hydrogen (secondary N) is 1. The minimum absolute atomic E-state index is 0.0179. The van der Waals surface area contributed by atoms with E-state index in [9.17, 15) is 13.6 Å². The minimum atomic E-state index is -2.95. The van der Waals surface area contributed by atoms with Crippen molar-refractivity contribution in [1.82, 2.24) is 9.78 Å². The lowest BCUT2D eigenvalue weighted by Crippen LogP contribution is -2.19. The number of rotatable bonds is 6. The molecule has 0 bridgehead atoms. The molecule has 0 radical (unpaired) electrons. The Balaban J connectivity index is 2.05. The fraction of sp³-hybridized carbons (Fsp3) is 0.286. The fourth-order valence-corrected chi connectivity index (χ4v) is 2.18. The molecule has 6 nitrogen and oxygen atoms in total. The summed E-state index contributed by atoms with van der Waals surface area (Å²) in [7, 11) is 1.32. The maximum Gasteiger partial charge on any atom is 0.387 e. The molecule has 1 aromatic carbocycles. The first kappa shape index (κ1) is 17.2. The van der Waals surface area contributed by atoms with Crippen LogP contribution in [-0.4, -0.2) is 29.4 Å². The first-order valence-electron chi connectivity index (χ1n) is 6.51. The number of carbonyl (C=O) groups excluding carboxylic acids is 1. The van der Waals surface area contributed by atoms with Gasteiger partial charge in [0.05, 0.1) is 17.3 Å². The van der Waals surface area contributed by atoms with E-state index in [2.05, 4.69) is 31.1 Å². The van der Waals surface area contributed by atoms with Crippen molar-refractivity contribution in [2.24, 2.45) is 0 Å². The van der Waals surface area contributed by atoms with Crippen molar-refractivity contribution >= 4 is 27.5 Å². The van der Waals surface area contributed by atoms with Crippen molar-refractivity contribution in [1.29, 1.82) is 0 Å². The van der Waals surface area contributed by atoms with E-state index < -0.39 is 6.61 Å². The van der Waals surface area contributed by atoms with Gasteiger partial charge < -0.3 is 14.8 Å². The second-order valence-corrected chi connectivity index (χ2v) is 5.41.